The number of methoxy groups -OCH3 is 3. The fraction of sp³-hybridized carbons (Fsp3) is 0.273. The molecule has 0 aliphatic rings. The topological polar surface area (TPSA) is 98.1 Å². The first kappa shape index (κ1) is 21.8. The van der Waals surface area contributed by atoms with Crippen molar-refractivity contribution in [3.63, 3.8) is 0 Å². The summed E-state index contributed by atoms with van der Waals surface area (Å²) >= 11 is 0. The number of benzene rings is 1. The summed E-state index contributed by atoms with van der Waals surface area (Å²) in [7, 11) is 4.49. The molecule has 0 amide bonds. The average molecular weight is 399 g/mol. The number of nitrogens with zero attached hydrogens (tertiary/aromatic N) is 1. The Balaban J connectivity index is 2.54. The Morgan fingerprint density at radius 1 is 1.14 bits per heavy atom. The van der Waals surface area contributed by atoms with Crippen molar-refractivity contribution in [2.24, 2.45) is 0 Å². The van der Waals surface area contributed by atoms with Crippen LogP contribution in [0.25, 0.3) is 12.2 Å². The van der Waals surface area contributed by atoms with Gasteiger partial charge in [-0.2, -0.15) is 0 Å². The standard InChI is InChI=1S/C22H25NO6/c1-13(2)6-9-17-18(28-4)10-14(20(21(17)24)22(25)26)7-8-15-11-16(27-3)12-19(23-15)29-5/h7-8,10-12,24H,1,6,9H2,2-5H3,(H,25,26)/b8-7+. The van der Waals surface area contributed by atoms with Gasteiger partial charge in [0.1, 0.15) is 22.8 Å². The Morgan fingerprint density at radius 3 is 2.41 bits per heavy atom. The predicted molar refractivity (Wildman–Crippen MR) is 111 cm³/mol. The van der Waals surface area contributed by atoms with Crippen molar-refractivity contribution in [2.75, 3.05) is 21.3 Å². The lowest BCUT2D eigenvalue weighted by Gasteiger charge is -2.15. The predicted octanol–water partition coefficient (Wildman–Crippen LogP) is 4.19. The van der Waals surface area contributed by atoms with Crippen molar-refractivity contribution in [1.82, 2.24) is 4.98 Å². The van der Waals surface area contributed by atoms with Gasteiger partial charge in [-0.3, -0.25) is 0 Å². The van der Waals surface area contributed by atoms with Gasteiger partial charge in [-0.1, -0.05) is 11.6 Å². The van der Waals surface area contributed by atoms with Gasteiger partial charge >= 0.3 is 5.97 Å². The first-order valence-electron chi connectivity index (χ1n) is 8.89. The third-order valence-corrected chi connectivity index (χ3v) is 4.30. The number of carbonyl (C=O) groups is 1. The van der Waals surface area contributed by atoms with E-state index in [4.69, 9.17) is 14.2 Å². The molecule has 0 radical (unpaired) electrons. The Morgan fingerprint density at radius 2 is 1.86 bits per heavy atom. The Kier molecular flexibility index (Phi) is 7.25. The van der Waals surface area contributed by atoms with E-state index in [0.717, 1.165) is 5.57 Å². The molecule has 7 heteroatoms. The fourth-order valence-corrected chi connectivity index (χ4v) is 2.81. The molecule has 2 aromatic rings. The zero-order chi connectivity index (χ0) is 21.6. The van der Waals surface area contributed by atoms with Crippen molar-refractivity contribution in [2.45, 2.75) is 19.8 Å². The van der Waals surface area contributed by atoms with Crippen LogP contribution in [0.15, 0.2) is 30.4 Å². The second-order valence-corrected chi connectivity index (χ2v) is 6.44. The number of carboxylic acids is 1. The van der Waals surface area contributed by atoms with E-state index in [1.807, 2.05) is 6.92 Å². The maximum atomic E-state index is 11.8. The summed E-state index contributed by atoms with van der Waals surface area (Å²) in [5.74, 6) is -0.236. The van der Waals surface area contributed by atoms with E-state index in [1.165, 1.54) is 21.3 Å². The van der Waals surface area contributed by atoms with Crippen molar-refractivity contribution in [3.8, 4) is 23.1 Å². The highest BCUT2D eigenvalue weighted by Crippen LogP contribution is 2.36. The molecule has 0 saturated heterocycles. The molecular weight excluding hydrogens is 374 g/mol. The molecule has 0 atom stereocenters. The van der Waals surface area contributed by atoms with E-state index in [-0.39, 0.29) is 16.9 Å². The number of allylic oxidation sites excluding steroid dienone is 1. The quantitative estimate of drug-likeness (QED) is 0.610. The molecule has 154 valence electrons. The number of hydrogen-bond donors (Lipinski definition) is 2. The van der Waals surface area contributed by atoms with Gasteiger partial charge in [-0.05, 0) is 37.5 Å². The van der Waals surface area contributed by atoms with Crippen molar-refractivity contribution >= 4 is 18.1 Å². The minimum atomic E-state index is -1.24. The van der Waals surface area contributed by atoms with Crippen LogP contribution in [0, 0.1) is 0 Å². The molecule has 0 aliphatic heterocycles. The summed E-state index contributed by atoms with van der Waals surface area (Å²) in [6.07, 6.45) is 4.18. The molecule has 2 N–H and O–H groups in total. The molecular formula is C22H25NO6. The molecule has 7 nitrogen and oxygen atoms in total. The summed E-state index contributed by atoms with van der Waals surface area (Å²) in [5, 5.41) is 20.3. The van der Waals surface area contributed by atoms with E-state index in [0.29, 0.717) is 41.5 Å². The fourth-order valence-electron chi connectivity index (χ4n) is 2.81. The SMILES string of the molecule is C=C(C)CCc1c(OC)cc(/C=C/c2cc(OC)cc(OC)n2)c(C(=O)O)c1O. The third kappa shape index (κ3) is 5.28. The summed E-state index contributed by atoms with van der Waals surface area (Å²) < 4.78 is 15.7. The Labute approximate surface area is 169 Å². The van der Waals surface area contributed by atoms with E-state index < -0.39 is 5.97 Å². The number of hydrogen-bond acceptors (Lipinski definition) is 6. The Hall–Kier alpha value is -3.48. The van der Waals surface area contributed by atoms with Gasteiger partial charge in [0.25, 0.3) is 0 Å². The second kappa shape index (κ2) is 9.64. The third-order valence-electron chi connectivity index (χ3n) is 4.30. The van der Waals surface area contributed by atoms with Gasteiger partial charge in [0.2, 0.25) is 5.88 Å². The number of ether oxygens (including phenoxy) is 3. The molecule has 1 heterocycles. The zero-order valence-corrected chi connectivity index (χ0v) is 17.0. The second-order valence-electron chi connectivity index (χ2n) is 6.44. The van der Waals surface area contributed by atoms with Crippen molar-refractivity contribution in [3.05, 3.63) is 52.7 Å². The molecule has 2 rings (SSSR count). The molecule has 1 aromatic heterocycles. The maximum Gasteiger partial charge on any atom is 0.340 e. The lowest BCUT2D eigenvalue weighted by atomic mass is 9.96. The highest BCUT2D eigenvalue weighted by Gasteiger charge is 2.22. The molecule has 0 aliphatic carbocycles. The minimum absolute atomic E-state index is 0.200. The van der Waals surface area contributed by atoms with Crippen LogP contribution < -0.4 is 14.2 Å². The summed E-state index contributed by atoms with van der Waals surface area (Å²) in [4.78, 5) is 16.1. The summed E-state index contributed by atoms with van der Waals surface area (Å²) in [6.45, 7) is 5.71. The van der Waals surface area contributed by atoms with Crippen LogP contribution in [-0.4, -0.2) is 42.5 Å². The minimum Gasteiger partial charge on any atom is -0.507 e. The van der Waals surface area contributed by atoms with Gasteiger partial charge in [0, 0.05) is 17.7 Å². The number of rotatable bonds is 9. The van der Waals surface area contributed by atoms with Crippen molar-refractivity contribution < 1.29 is 29.2 Å². The molecule has 1 aromatic carbocycles. The van der Waals surface area contributed by atoms with Crippen LogP contribution in [0.2, 0.25) is 0 Å². The number of carboxylic acid groups (broad SMARTS) is 1. The van der Waals surface area contributed by atoms with Gasteiger partial charge in [0.05, 0.1) is 27.0 Å². The van der Waals surface area contributed by atoms with E-state index in [2.05, 4.69) is 11.6 Å². The number of pyridine rings is 1. The largest absolute Gasteiger partial charge is 0.507 e. The van der Waals surface area contributed by atoms with E-state index in [1.54, 1.807) is 30.4 Å². The van der Waals surface area contributed by atoms with Crippen LogP contribution in [0.5, 0.6) is 23.1 Å². The maximum absolute atomic E-state index is 11.8. The number of aromatic hydroxyl groups is 1. The highest BCUT2D eigenvalue weighted by atomic mass is 16.5. The number of aromatic nitrogens is 1. The smallest absolute Gasteiger partial charge is 0.340 e. The first-order valence-corrected chi connectivity index (χ1v) is 8.89. The van der Waals surface area contributed by atoms with Crippen molar-refractivity contribution in [1.29, 1.82) is 0 Å². The van der Waals surface area contributed by atoms with Crippen LogP contribution >= 0.6 is 0 Å². The summed E-state index contributed by atoms with van der Waals surface area (Å²) in [5.41, 5.74) is 1.95. The van der Waals surface area contributed by atoms with Gasteiger partial charge < -0.3 is 24.4 Å². The summed E-state index contributed by atoms with van der Waals surface area (Å²) in [6, 6.07) is 4.90. The normalized spacial score (nSPS) is 10.8. The highest BCUT2D eigenvalue weighted by molar-refractivity contribution is 5.97. The van der Waals surface area contributed by atoms with E-state index in [9.17, 15) is 15.0 Å². The molecule has 0 bridgehead atoms. The van der Waals surface area contributed by atoms with Crippen LogP contribution in [0.3, 0.4) is 0 Å². The van der Waals surface area contributed by atoms with Gasteiger partial charge in [-0.15, -0.1) is 6.58 Å². The molecule has 0 unspecified atom stereocenters. The monoisotopic (exact) mass is 399 g/mol. The first-order chi connectivity index (χ1) is 13.8. The zero-order valence-electron chi connectivity index (χ0n) is 17.0. The van der Waals surface area contributed by atoms with Crippen LogP contribution in [-0.2, 0) is 6.42 Å². The molecule has 29 heavy (non-hydrogen) atoms. The van der Waals surface area contributed by atoms with Crippen LogP contribution in [0.4, 0.5) is 0 Å². The van der Waals surface area contributed by atoms with Crippen LogP contribution in [0.1, 0.15) is 40.5 Å². The lowest BCUT2D eigenvalue weighted by molar-refractivity contribution is 0.0693. The average Bonchev–Trinajstić information content (AvgIpc) is 2.69. The number of aromatic carboxylic acids is 1. The molecule has 0 fully saturated rings. The van der Waals surface area contributed by atoms with E-state index >= 15 is 0 Å². The molecule has 0 saturated carbocycles. The number of phenols is 1. The van der Waals surface area contributed by atoms with Gasteiger partial charge in [-0.25, -0.2) is 9.78 Å². The Bertz CT molecular complexity index is 927. The molecule has 0 spiro atoms. The lowest BCUT2D eigenvalue weighted by Crippen LogP contribution is -2.05. The van der Waals surface area contributed by atoms with Gasteiger partial charge in [0.15, 0.2) is 0 Å².